The predicted molar refractivity (Wildman–Crippen MR) is 67.1 cm³/mol. The summed E-state index contributed by atoms with van der Waals surface area (Å²) >= 11 is 0. The summed E-state index contributed by atoms with van der Waals surface area (Å²) in [5.41, 5.74) is 1.48. The van der Waals surface area contributed by atoms with E-state index in [0.717, 1.165) is 0 Å². The second-order valence-electron chi connectivity index (χ2n) is 3.74. The average molecular weight is 244 g/mol. The molecule has 0 saturated heterocycles. The number of phenols is 1. The highest BCUT2D eigenvalue weighted by Crippen LogP contribution is 2.32. The van der Waals surface area contributed by atoms with Gasteiger partial charge in [-0.15, -0.1) is 0 Å². The zero-order valence-electron chi connectivity index (χ0n) is 9.75. The fourth-order valence-electron chi connectivity index (χ4n) is 1.77. The second kappa shape index (κ2) is 4.79. The molecule has 0 fully saturated rings. The fourth-order valence-corrected chi connectivity index (χ4v) is 1.77. The van der Waals surface area contributed by atoms with E-state index in [2.05, 4.69) is 0 Å². The molecule has 0 unspecified atom stereocenters. The average Bonchev–Trinajstić information content (AvgIpc) is 2.39. The summed E-state index contributed by atoms with van der Waals surface area (Å²) in [6.07, 6.45) is 0. The molecule has 0 amide bonds. The van der Waals surface area contributed by atoms with Gasteiger partial charge in [-0.25, -0.2) is 4.79 Å². The van der Waals surface area contributed by atoms with Gasteiger partial charge in [0.15, 0.2) is 11.5 Å². The number of carboxylic acids is 1. The minimum absolute atomic E-state index is 0.0223. The number of hydrogen-bond acceptors (Lipinski definition) is 3. The number of aromatic carboxylic acids is 1. The van der Waals surface area contributed by atoms with Gasteiger partial charge in [0.2, 0.25) is 0 Å². The van der Waals surface area contributed by atoms with E-state index < -0.39 is 5.97 Å². The molecule has 2 aromatic rings. The highest BCUT2D eigenvalue weighted by Gasteiger charge is 2.12. The largest absolute Gasteiger partial charge is 0.504 e. The van der Waals surface area contributed by atoms with Crippen molar-refractivity contribution in [1.29, 1.82) is 0 Å². The number of methoxy groups -OCH3 is 1. The molecule has 0 aromatic heterocycles. The van der Waals surface area contributed by atoms with Crippen molar-refractivity contribution in [2.24, 2.45) is 0 Å². The Hall–Kier alpha value is -2.49. The molecule has 0 radical (unpaired) electrons. The van der Waals surface area contributed by atoms with E-state index in [9.17, 15) is 9.90 Å². The highest BCUT2D eigenvalue weighted by molar-refractivity contribution is 5.96. The lowest BCUT2D eigenvalue weighted by Gasteiger charge is -2.09. The number of ether oxygens (including phenoxy) is 1. The first-order chi connectivity index (χ1) is 8.63. The van der Waals surface area contributed by atoms with Crippen LogP contribution in [0, 0.1) is 0 Å². The zero-order chi connectivity index (χ0) is 13.1. The minimum Gasteiger partial charge on any atom is -0.504 e. The van der Waals surface area contributed by atoms with Crippen LogP contribution in [0.25, 0.3) is 11.1 Å². The van der Waals surface area contributed by atoms with Crippen LogP contribution in [-0.2, 0) is 0 Å². The van der Waals surface area contributed by atoms with Gasteiger partial charge < -0.3 is 14.9 Å². The number of rotatable bonds is 3. The third-order valence-corrected chi connectivity index (χ3v) is 2.65. The number of benzene rings is 2. The molecule has 2 rings (SSSR count). The minimum atomic E-state index is -0.988. The Kier molecular flexibility index (Phi) is 3.19. The summed E-state index contributed by atoms with van der Waals surface area (Å²) in [7, 11) is 1.45. The Morgan fingerprint density at radius 3 is 2.56 bits per heavy atom. The SMILES string of the molecule is COc1cc(-c2ccccc2C(=O)O)ccc1O. The molecule has 0 aliphatic rings. The van der Waals surface area contributed by atoms with E-state index in [1.807, 2.05) is 0 Å². The van der Waals surface area contributed by atoms with E-state index >= 15 is 0 Å². The van der Waals surface area contributed by atoms with Gasteiger partial charge in [-0.1, -0.05) is 24.3 Å². The van der Waals surface area contributed by atoms with Gasteiger partial charge in [-0.05, 0) is 29.3 Å². The quantitative estimate of drug-likeness (QED) is 0.871. The van der Waals surface area contributed by atoms with Crippen molar-refractivity contribution in [2.75, 3.05) is 7.11 Å². The third kappa shape index (κ3) is 2.13. The van der Waals surface area contributed by atoms with Crippen molar-refractivity contribution in [1.82, 2.24) is 0 Å². The molecular formula is C14H12O4. The maximum absolute atomic E-state index is 11.1. The highest BCUT2D eigenvalue weighted by atomic mass is 16.5. The van der Waals surface area contributed by atoms with Gasteiger partial charge in [-0.2, -0.15) is 0 Å². The van der Waals surface area contributed by atoms with Crippen LogP contribution in [0.3, 0.4) is 0 Å². The summed E-state index contributed by atoms with van der Waals surface area (Å²) in [5.74, 6) is -0.653. The molecule has 0 atom stereocenters. The molecule has 92 valence electrons. The van der Waals surface area contributed by atoms with Gasteiger partial charge in [-0.3, -0.25) is 0 Å². The molecule has 4 heteroatoms. The summed E-state index contributed by atoms with van der Waals surface area (Å²) in [6, 6.07) is 11.4. The molecule has 4 nitrogen and oxygen atoms in total. The molecule has 0 bridgehead atoms. The number of carboxylic acid groups (broad SMARTS) is 1. The smallest absolute Gasteiger partial charge is 0.336 e. The first kappa shape index (κ1) is 12.0. The van der Waals surface area contributed by atoms with E-state index in [1.165, 1.54) is 19.2 Å². The first-order valence-corrected chi connectivity index (χ1v) is 5.33. The molecular weight excluding hydrogens is 232 g/mol. The zero-order valence-corrected chi connectivity index (χ0v) is 9.75. The number of hydrogen-bond donors (Lipinski definition) is 2. The Labute approximate surface area is 104 Å². The first-order valence-electron chi connectivity index (χ1n) is 5.33. The summed E-state index contributed by atoms with van der Waals surface area (Å²) in [6.45, 7) is 0. The van der Waals surface area contributed by atoms with Crippen molar-refractivity contribution in [3.05, 3.63) is 48.0 Å². The van der Waals surface area contributed by atoms with Crippen molar-refractivity contribution < 1.29 is 19.7 Å². The lowest BCUT2D eigenvalue weighted by atomic mass is 9.99. The third-order valence-electron chi connectivity index (χ3n) is 2.65. The van der Waals surface area contributed by atoms with Gasteiger partial charge in [0.25, 0.3) is 0 Å². The molecule has 0 aliphatic heterocycles. The Morgan fingerprint density at radius 2 is 1.89 bits per heavy atom. The molecule has 2 aromatic carbocycles. The van der Waals surface area contributed by atoms with Crippen LogP contribution in [0.15, 0.2) is 42.5 Å². The van der Waals surface area contributed by atoms with Gasteiger partial charge in [0.05, 0.1) is 12.7 Å². The Morgan fingerprint density at radius 1 is 1.17 bits per heavy atom. The van der Waals surface area contributed by atoms with E-state index in [0.29, 0.717) is 16.9 Å². The van der Waals surface area contributed by atoms with Crippen LogP contribution >= 0.6 is 0 Å². The summed E-state index contributed by atoms with van der Waals surface area (Å²) in [5, 5.41) is 18.6. The second-order valence-corrected chi connectivity index (χ2v) is 3.74. The predicted octanol–water partition coefficient (Wildman–Crippen LogP) is 2.77. The lowest BCUT2D eigenvalue weighted by molar-refractivity contribution is 0.0697. The fraction of sp³-hybridized carbons (Fsp3) is 0.0714. The maximum atomic E-state index is 11.1. The molecule has 2 N–H and O–H groups in total. The van der Waals surface area contributed by atoms with Crippen LogP contribution < -0.4 is 4.74 Å². The van der Waals surface area contributed by atoms with Gasteiger partial charge >= 0.3 is 5.97 Å². The normalized spacial score (nSPS) is 10.1. The molecule has 0 saturated carbocycles. The van der Waals surface area contributed by atoms with Crippen molar-refractivity contribution in [2.45, 2.75) is 0 Å². The number of carbonyl (C=O) groups is 1. The molecule has 0 heterocycles. The Bertz CT molecular complexity index is 590. The lowest BCUT2D eigenvalue weighted by Crippen LogP contribution is -1.99. The molecule has 0 spiro atoms. The maximum Gasteiger partial charge on any atom is 0.336 e. The molecule has 0 aliphatic carbocycles. The van der Waals surface area contributed by atoms with Crippen LogP contribution in [0.1, 0.15) is 10.4 Å². The number of aromatic hydroxyl groups is 1. The van der Waals surface area contributed by atoms with E-state index in [1.54, 1.807) is 30.3 Å². The summed E-state index contributed by atoms with van der Waals surface area (Å²) < 4.78 is 5.01. The topological polar surface area (TPSA) is 66.8 Å². The van der Waals surface area contributed by atoms with Gasteiger partial charge in [0, 0.05) is 0 Å². The van der Waals surface area contributed by atoms with Crippen molar-refractivity contribution in [3.8, 4) is 22.6 Å². The summed E-state index contributed by atoms with van der Waals surface area (Å²) in [4.78, 5) is 11.1. The monoisotopic (exact) mass is 244 g/mol. The molecule has 18 heavy (non-hydrogen) atoms. The van der Waals surface area contributed by atoms with E-state index in [-0.39, 0.29) is 11.3 Å². The van der Waals surface area contributed by atoms with Crippen LogP contribution in [0.5, 0.6) is 11.5 Å². The van der Waals surface area contributed by atoms with Crippen LogP contribution in [0.2, 0.25) is 0 Å². The van der Waals surface area contributed by atoms with Crippen LogP contribution in [-0.4, -0.2) is 23.3 Å². The number of phenolic OH excluding ortho intramolecular Hbond substituents is 1. The van der Waals surface area contributed by atoms with Crippen LogP contribution in [0.4, 0.5) is 0 Å². The Balaban J connectivity index is 2.58. The van der Waals surface area contributed by atoms with Crippen molar-refractivity contribution >= 4 is 5.97 Å². The van der Waals surface area contributed by atoms with Crippen molar-refractivity contribution in [3.63, 3.8) is 0 Å². The standard InChI is InChI=1S/C14H12O4/c1-18-13-8-9(6-7-12(13)15)10-4-2-3-5-11(10)14(16)17/h2-8,15H,1H3,(H,16,17). The van der Waals surface area contributed by atoms with E-state index in [4.69, 9.17) is 9.84 Å². The van der Waals surface area contributed by atoms with Gasteiger partial charge in [0.1, 0.15) is 0 Å².